The molecule has 0 saturated carbocycles. The first kappa shape index (κ1) is 12.5. The van der Waals surface area contributed by atoms with Gasteiger partial charge in [-0.2, -0.15) is 0 Å². The van der Waals surface area contributed by atoms with Crippen molar-refractivity contribution in [3.63, 3.8) is 0 Å². The average Bonchev–Trinajstić information content (AvgIpc) is 2.45. The summed E-state index contributed by atoms with van der Waals surface area (Å²) >= 11 is 0. The van der Waals surface area contributed by atoms with Crippen molar-refractivity contribution in [2.45, 2.75) is 58.6 Å². The standard InChI is InChI=1S/C12H23NO2/c1-9(2)10(3)15-12(14)11-7-5-4-6-8-13-11/h9-11,13H,4-8H2,1-3H3. The Hall–Kier alpha value is -0.570. The molecular weight excluding hydrogens is 190 g/mol. The van der Waals surface area contributed by atoms with Crippen molar-refractivity contribution in [3.05, 3.63) is 0 Å². The van der Waals surface area contributed by atoms with Gasteiger partial charge in [0.15, 0.2) is 0 Å². The van der Waals surface area contributed by atoms with Gasteiger partial charge in [-0.1, -0.05) is 26.7 Å². The summed E-state index contributed by atoms with van der Waals surface area (Å²) in [5, 5.41) is 3.25. The summed E-state index contributed by atoms with van der Waals surface area (Å²) in [6, 6.07) is -0.0753. The molecule has 88 valence electrons. The normalized spacial score (nSPS) is 24.7. The molecule has 0 spiro atoms. The third-order valence-corrected chi connectivity index (χ3v) is 3.09. The molecule has 1 heterocycles. The molecule has 0 aromatic heterocycles. The summed E-state index contributed by atoms with van der Waals surface area (Å²) in [6.07, 6.45) is 4.45. The molecule has 1 N–H and O–H groups in total. The highest BCUT2D eigenvalue weighted by Gasteiger charge is 2.23. The van der Waals surface area contributed by atoms with Crippen LogP contribution in [0.25, 0.3) is 0 Å². The van der Waals surface area contributed by atoms with Gasteiger partial charge in [-0.15, -0.1) is 0 Å². The molecule has 2 atom stereocenters. The van der Waals surface area contributed by atoms with Gasteiger partial charge in [0, 0.05) is 0 Å². The highest BCUT2D eigenvalue weighted by Crippen LogP contribution is 2.12. The maximum Gasteiger partial charge on any atom is 0.323 e. The van der Waals surface area contributed by atoms with E-state index in [0.717, 1.165) is 19.4 Å². The second-order valence-electron chi connectivity index (χ2n) is 4.74. The van der Waals surface area contributed by atoms with Crippen molar-refractivity contribution in [1.82, 2.24) is 5.32 Å². The van der Waals surface area contributed by atoms with Crippen molar-refractivity contribution in [1.29, 1.82) is 0 Å². The highest BCUT2D eigenvalue weighted by molar-refractivity contribution is 5.75. The first-order valence-electron chi connectivity index (χ1n) is 6.05. The summed E-state index contributed by atoms with van der Waals surface area (Å²) in [5.74, 6) is 0.317. The summed E-state index contributed by atoms with van der Waals surface area (Å²) < 4.78 is 5.41. The van der Waals surface area contributed by atoms with Crippen LogP contribution in [0.1, 0.15) is 46.5 Å². The van der Waals surface area contributed by atoms with E-state index in [1.165, 1.54) is 12.8 Å². The number of esters is 1. The maximum absolute atomic E-state index is 11.8. The lowest BCUT2D eigenvalue weighted by Gasteiger charge is -2.21. The van der Waals surface area contributed by atoms with Crippen molar-refractivity contribution in [2.75, 3.05) is 6.54 Å². The Balaban J connectivity index is 2.37. The molecule has 0 radical (unpaired) electrons. The summed E-state index contributed by atoms with van der Waals surface area (Å²) in [7, 11) is 0. The second-order valence-corrected chi connectivity index (χ2v) is 4.74. The second kappa shape index (κ2) is 6.11. The van der Waals surface area contributed by atoms with Crippen LogP contribution in [0.4, 0.5) is 0 Å². The van der Waals surface area contributed by atoms with Crippen molar-refractivity contribution < 1.29 is 9.53 Å². The van der Waals surface area contributed by atoms with Gasteiger partial charge in [0.05, 0.1) is 0 Å². The molecule has 1 aliphatic rings. The summed E-state index contributed by atoms with van der Waals surface area (Å²) in [4.78, 5) is 11.8. The molecule has 1 fully saturated rings. The molecule has 1 rings (SSSR count). The van der Waals surface area contributed by atoms with E-state index in [-0.39, 0.29) is 18.1 Å². The Morgan fingerprint density at radius 3 is 2.67 bits per heavy atom. The lowest BCUT2D eigenvalue weighted by Crippen LogP contribution is -2.39. The minimum absolute atomic E-state index is 0.0163. The molecule has 0 amide bonds. The van der Waals surface area contributed by atoms with Crippen molar-refractivity contribution in [3.8, 4) is 0 Å². The molecular formula is C12H23NO2. The van der Waals surface area contributed by atoms with Gasteiger partial charge in [0.2, 0.25) is 0 Å². The number of hydrogen-bond acceptors (Lipinski definition) is 3. The van der Waals surface area contributed by atoms with Crippen LogP contribution in [0.15, 0.2) is 0 Å². The highest BCUT2D eigenvalue weighted by atomic mass is 16.5. The van der Waals surface area contributed by atoms with Crippen LogP contribution in [0, 0.1) is 5.92 Å². The van der Waals surface area contributed by atoms with Gasteiger partial charge < -0.3 is 10.1 Å². The van der Waals surface area contributed by atoms with Gasteiger partial charge in [0.1, 0.15) is 12.1 Å². The molecule has 1 saturated heterocycles. The molecule has 0 aromatic rings. The Morgan fingerprint density at radius 1 is 1.27 bits per heavy atom. The van der Waals surface area contributed by atoms with Crippen LogP contribution >= 0.6 is 0 Å². The maximum atomic E-state index is 11.8. The van der Waals surface area contributed by atoms with Crippen LogP contribution in [-0.2, 0) is 9.53 Å². The zero-order chi connectivity index (χ0) is 11.3. The van der Waals surface area contributed by atoms with Crippen LogP contribution in [0.2, 0.25) is 0 Å². The largest absolute Gasteiger partial charge is 0.461 e. The number of ether oxygens (including phenoxy) is 1. The van der Waals surface area contributed by atoms with Crippen molar-refractivity contribution >= 4 is 5.97 Å². The van der Waals surface area contributed by atoms with E-state index in [1.807, 2.05) is 6.92 Å². The predicted octanol–water partition coefficient (Wildman–Crippen LogP) is 2.11. The fourth-order valence-electron chi connectivity index (χ4n) is 1.63. The Bertz CT molecular complexity index is 196. The lowest BCUT2D eigenvalue weighted by molar-refractivity contribution is -0.152. The Morgan fingerprint density at radius 2 is 2.00 bits per heavy atom. The summed E-state index contributed by atoms with van der Waals surface area (Å²) in [5.41, 5.74) is 0. The van der Waals surface area contributed by atoms with Gasteiger partial charge >= 0.3 is 5.97 Å². The zero-order valence-electron chi connectivity index (χ0n) is 10.1. The van der Waals surface area contributed by atoms with Crippen LogP contribution < -0.4 is 5.32 Å². The van der Waals surface area contributed by atoms with E-state index in [9.17, 15) is 4.79 Å². The smallest absolute Gasteiger partial charge is 0.323 e. The molecule has 0 bridgehead atoms. The first-order valence-corrected chi connectivity index (χ1v) is 6.05. The van der Waals surface area contributed by atoms with E-state index in [0.29, 0.717) is 5.92 Å². The molecule has 1 aliphatic heterocycles. The number of carbonyl (C=O) groups is 1. The predicted molar refractivity (Wildman–Crippen MR) is 60.7 cm³/mol. The molecule has 0 aliphatic carbocycles. The topological polar surface area (TPSA) is 38.3 Å². The summed E-state index contributed by atoms with van der Waals surface area (Å²) in [6.45, 7) is 7.03. The van der Waals surface area contributed by atoms with Gasteiger partial charge in [-0.3, -0.25) is 4.79 Å². The molecule has 0 aromatic carbocycles. The van der Waals surface area contributed by atoms with Crippen LogP contribution in [0.5, 0.6) is 0 Å². The Kier molecular flexibility index (Phi) is 5.09. The van der Waals surface area contributed by atoms with Crippen molar-refractivity contribution in [2.24, 2.45) is 5.92 Å². The van der Waals surface area contributed by atoms with E-state index in [2.05, 4.69) is 19.2 Å². The fraction of sp³-hybridized carbons (Fsp3) is 0.917. The average molecular weight is 213 g/mol. The number of nitrogens with one attached hydrogen (secondary N) is 1. The minimum Gasteiger partial charge on any atom is -0.461 e. The minimum atomic E-state index is -0.0753. The van der Waals surface area contributed by atoms with E-state index in [1.54, 1.807) is 0 Å². The Labute approximate surface area is 92.6 Å². The third kappa shape index (κ3) is 4.20. The molecule has 2 unspecified atom stereocenters. The van der Waals surface area contributed by atoms with E-state index >= 15 is 0 Å². The van der Waals surface area contributed by atoms with Crippen LogP contribution in [0.3, 0.4) is 0 Å². The molecule has 3 nitrogen and oxygen atoms in total. The monoisotopic (exact) mass is 213 g/mol. The lowest BCUT2D eigenvalue weighted by atomic mass is 10.1. The van der Waals surface area contributed by atoms with E-state index in [4.69, 9.17) is 4.74 Å². The van der Waals surface area contributed by atoms with Gasteiger partial charge in [-0.05, 0) is 32.2 Å². The SMILES string of the molecule is CC(C)C(C)OC(=O)C1CCCCCN1. The van der Waals surface area contributed by atoms with Crippen LogP contribution in [-0.4, -0.2) is 24.7 Å². The third-order valence-electron chi connectivity index (χ3n) is 3.09. The number of carbonyl (C=O) groups excluding carboxylic acids is 1. The van der Waals surface area contributed by atoms with Gasteiger partial charge in [-0.25, -0.2) is 0 Å². The zero-order valence-corrected chi connectivity index (χ0v) is 10.1. The quantitative estimate of drug-likeness (QED) is 0.730. The van der Waals surface area contributed by atoms with E-state index < -0.39 is 0 Å². The first-order chi connectivity index (χ1) is 7.11. The molecule has 15 heavy (non-hydrogen) atoms. The molecule has 3 heteroatoms. The number of hydrogen-bond donors (Lipinski definition) is 1. The van der Waals surface area contributed by atoms with Gasteiger partial charge in [0.25, 0.3) is 0 Å². The number of rotatable bonds is 3. The fourth-order valence-corrected chi connectivity index (χ4v) is 1.63.